The van der Waals surface area contributed by atoms with Crippen LogP contribution in [0.4, 0.5) is 0 Å². The Morgan fingerprint density at radius 3 is 2.61 bits per heavy atom. The smallest absolute Gasteiger partial charge is 0.547 e. The van der Waals surface area contributed by atoms with Crippen molar-refractivity contribution in [1.82, 2.24) is 0 Å². The van der Waals surface area contributed by atoms with Crippen molar-refractivity contribution in [3.8, 4) is 34.1 Å². The first-order valence-electron chi connectivity index (χ1n) is 12.3. The number of hydrogen-bond donors (Lipinski definition) is 1. The molecule has 5 rings (SSSR count). The summed E-state index contributed by atoms with van der Waals surface area (Å²) in [7, 11) is 1.60. The molecule has 0 bridgehead atoms. The van der Waals surface area contributed by atoms with E-state index in [1.165, 1.54) is 0 Å². The van der Waals surface area contributed by atoms with E-state index in [2.05, 4.69) is 0 Å². The van der Waals surface area contributed by atoms with E-state index in [4.69, 9.17) is 23.7 Å². The van der Waals surface area contributed by atoms with Crippen LogP contribution in [0, 0.1) is 0 Å². The minimum Gasteiger partial charge on any atom is -0.547 e. The maximum atomic E-state index is 12.9. The van der Waals surface area contributed by atoms with Crippen LogP contribution in [0.3, 0.4) is 0 Å². The Hall–Kier alpha value is -2.75. The molecule has 0 spiro atoms. The van der Waals surface area contributed by atoms with Crippen molar-refractivity contribution >= 4 is 5.97 Å². The van der Waals surface area contributed by atoms with Crippen LogP contribution in [-0.2, 0) is 16.0 Å². The van der Waals surface area contributed by atoms with Crippen molar-refractivity contribution in [2.45, 2.75) is 31.3 Å². The first kappa shape index (κ1) is 28.3. The molecular formula is C29H29NaO8. The zero-order valence-corrected chi connectivity index (χ0v) is 23.8. The summed E-state index contributed by atoms with van der Waals surface area (Å²) in [4.78, 5) is 12.9. The van der Waals surface area contributed by atoms with Crippen LogP contribution < -0.4 is 53.6 Å². The Kier molecular flexibility index (Phi) is 8.90. The zero-order valence-electron chi connectivity index (χ0n) is 21.8. The number of carboxylic acid groups (broad SMARTS) is 1. The summed E-state index contributed by atoms with van der Waals surface area (Å²) in [5.41, 5.74) is 1.99. The number of hydrogen-bond acceptors (Lipinski definition) is 8. The number of carbonyl (C=O) groups excluding carboxylic acids is 1. The molecular weight excluding hydrogens is 499 g/mol. The van der Waals surface area contributed by atoms with E-state index in [1.54, 1.807) is 19.2 Å². The molecule has 3 aromatic rings. The quantitative estimate of drug-likeness (QED) is 0.369. The molecule has 1 aliphatic carbocycles. The molecule has 0 saturated carbocycles. The number of benzene rings is 3. The molecule has 38 heavy (non-hydrogen) atoms. The number of aliphatic hydroxyl groups is 1. The minimum absolute atomic E-state index is 0. The molecule has 0 radical (unpaired) electrons. The predicted octanol–water partition coefficient (Wildman–Crippen LogP) is 0.0693. The molecule has 2 aliphatic rings. The van der Waals surface area contributed by atoms with Crippen molar-refractivity contribution in [1.29, 1.82) is 0 Å². The van der Waals surface area contributed by atoms with Gasteiger partial charge in [0.05, 0.1) is 32.9 Å². The van der Waals surface area contributed by atoms with Gasteiger partial charge in [0.1, 0.15) is 17.1 Å². The fraction of sp³-hybridized carbons (Fsp3) is 0.345. The second-order valence-corrected chi connectivity index (χ2v) is 9.03. The van der Waals surface area contributed by atoms with Gasteiger partial charge in [0, 0.05) is 23.5 Å². The summed E-state index contributed by atoms with van der Waals surface area (Å²) < 4.78 is 28.8. The third kappa shape index (κ3) is 4.87. The maximum Gasteiger partial charge on any atom is 1.00 e. The van der Waals surface area contributed by atoms with E-state index in [0.29, 0.717) is 35.2 Å². The van der Waals surface area contributed by atoms with E-state index in [0.717, 1.165) is 28.7 Å². The van der Waals surface area contributed by atoms with Gasteiger partial charge in [0.2, 0.25) is 6.79 Å². The van der Waals surface area contributed by atoms with Gasteiger partial charge in [-0.1, -0.05) is 37.3 Å². The number of para-hydroxylation sites is 1. The molecule has 0 fully saturated rings. The molecule has 0 amide bonds. The molecule has 0 saturated heterocycles. The standard InChI is InChI=1S/C29H30O8.Na/c1-3-13-34-24-11-9-19-21(26(24)20-6-4-5-7-22(20)33-2)16-29(28(31)32,37-14-12-30)27(19)18-8-10-23-25(15-18)36-17-35-23;/h4-11,15,27,30H,3,12-14,16-17H2,1-2H3,(H,31,32);/q;+1/p-1. The largest absolute Gasteiger partial charge is 1.00 e. The molecule has 9 heteroatoms. The summed E-state index contributed by atoms with van der Waals surface area (Å²) in [5, 5.41) is 22.5. The normalized spacial score (nSPS) is 19.0. The Bertz CT molecular complexity index is 1310. The van der Waals surface area contributed by atoms with Crippen LogP contribution in [0.25, 0.3) is 11.1 Å². The Morgan fingerprint density at radius 2 is 1.87 bits per heavy atom. The molecule has 194 valence electrons. The van der Waals surface area contributed by atoms with Gasteiger partial charge in [0.25, 0.3) is 0 Å². The SMILES string of the molecule is CCCOc1ccc2c(c1-c1ccccc1OC)CC(OCCO)(C(=O)[O-])C2c1ccc2c(c1)OCO2.[Na+]. The number of carboxylic acids is 1. The molecule has 3 aromatic carbocycles. The van der Waals surface area contributed by atoms with E-state index < -0.39 is 17.5 Å². The van der Waals surface area contributed by atoms with E-state index >= 15 is 0 Å². The fourth-order valence-electron chi connectivity index (χ4n) is 5.35. The van der Waals surface area contributed by atoms with Crippen LogP contribution in [-0.4, -0.2) is 50.4 Å². The summed E-state index contributed by atoms with van der Waals surface area (Å²) in [6.45, 7) is 2.13. The Balaban J connectivity index is 0.00000336. The number of aliphatic hydroxyl groups excluding tert-OH is 1. The maximum absolute atomic E-state index is 12.9. The molecule has 1 heterocycles. The second kappa shape index (κ2) is 12.0. The number of rotatable bonds is 10. The topological polar surface area (TPSA) is 107 Å². The first-order chi connectivity index (χ1) is 18.0. The van der Waals surface area contributed by atoms with Crippen molar-refractivity contribution in [2.24, 2.45) is 0 Å². The van der Waals surface area contributed by atoms with Gasteiger partial charge in [-0.2, -0.15) is 0 Å². The summed E-state index contributed by atoms with van der Waals surface area (Å²) >= 11 is 0. The zero-order chi connectivity index (χ0) is 26.0. The first-order valence-corrected chi connectivity index (χ1v) is 12.3. The summed E-state index contributed by atoms with van der Waals surface area (Å²) in [5.74, 6) is 0.303. The van der Waals surface area contributed by atoms with Gasteiger partial charge < -0.3 is 38.7 Å². The predicted molar refractivity (Wildman–Crippen MR) is 133 cm³/mol. The average Bonchev–Trinajstić information content (AvgIpc) is 3.52. The Labute approximate surface area is 243 Å². The number of ether oxygens (including phenoxy) is 5. The molecule has 2 unspecified atom stereocenters. The van der Waals surface area contributed by atoms with Gasteiger partial charge in [-0.15, -0.1) is 0 Å². The Morgan fingerprint density at radius 1 is 1.08 bits per heavy atom. The van der Waals surface area contributed by atoms with Crippen LogP contribution in [0.5, 0.6) is 23.0 Å². The molecule has 2 atom stereocenters. The van der Waals surface area contributed by atoms with Crippen LogP contribution in [0.2, 0.25) is 0 Å². The number of methoxy groups -OCH3 is 1. The van der Waals surface area contributed by atoms with Crippen molar-refractivity contribution in [3.63, 3.8) is 0 Å². The molecule has 0 aromatic heterocycles. The minimum atomic E-state index is -1.76. The van der Waals surface area contributed by atoms with E-state index in [9.17, 15) is 15.0 Å². The van der Waals surface area contributed by atoms with Crippen LogP contribution in [0.1, 0.15) is 36.0 Å². The number of fused-ring (bicyclic) bond motifs is 2. The third-order valence-electron chi connectivity index (χ3n) is 6.89. The van der Waals surface area contributed by atoms with Gasteiger partial charge in [0.15, 0.2) is 11.5 Å². The molecule has 1 N–H and O–H groups in total. The van der Waals surface area contributed by atoms with Crippen LogP contribution in [0.15, 0.2) is 54.6 Å². The monoisotopic (exact) mass is 528 g/mol. The van der Waals surface area contributed by atoms with Gasteiger partial charge in [-0.25, -0.2) is 0 Å². The molecule has 8 nitrogen and oxygen atoms in total. The summed E-state index contributed by atoms with van der Waals surface area (Å²) in [6, 6.07) is 16.7. The number of aliphatic carboxylic acids is 1. The van der Waals surface area contributed by atoms with Gasteiger partial charge in [-0.3, -0.25) is 0 Å². The van der Waals surface area contributed by atoms with Crippen molar-refractivity contribution in [2.75, 3.05) is 33.7 Å². The summed E-state index contributed by atoms with van der Waals surface area (Å²) in [6.07, 6.45) is 0.825. The molecule has 1 aliphatic heterocycles. The van der Waals surface area contributed by atoms with E-state index in [1.807, 2.05) is 49.4 Å². The van der Waals surface area contributed by atoms with Crippen molar-refractivity contribution < 1.29 is 68.2 Å². The van der Waals surface area contributed by atoms with Gasteiger partial charge >= 0.3 is 29.6 Å². The number of carbonyl (C=O) groups is 1. The van der Waals surface area contributed by atoms with Crippen LogP contribution >= 0.6 is 0 Å². The van der Waals surface area contributed by atoms with Gasteiger partial charge in [-0.05, 0) is 47.4 Å². The third-order valence-corrected chi connectivity index (χ3v) is 6.89. The van der Waals surface area contributed by atoms with Crippen molar-refractivity contribution in [3.05, 3.63) is 71.3 Å². The fourth-order valence-corrected chi connectivity index (χ4v) is 5.35. The average molecular weight is 529 g/mol. The van der Waals surface area contributed by atoms with E-state index in [-0.39, 0.29) is 56.0 Å². The second-order valence-electron chi connectivity index (χ2n) is 9.03.